The molecule has 2 heterocycles. The molecule has 0 radical (unpaired) electrons. The Bertz CT molecular complexity index is 1260. The molecule has 0 aromatic heterocycles. The molecule has 9 saturated carbocycles. The zero-order valence-electron chi connectivity index (χ0n) is 35.0. The Morgan fingerprint density at radius 3 is 1.40 bits per heavy atom. The van der Waals surface area contributed by atoms with Crippen molar-refractivity contribution in [3.05, 3.63) is 0 Å². The summed E-state index contributed by atoms with van der Waals surface area (Å²) < 4.78 is 0. The van der Waals surface area contributed by atoms with Crippen LogP contribution in [0.25, 0.3) is 0 Å². The first-order chi connectivity index (χ1) is 26.0. The summed E-state index contributed by atoms with van der Waals surface area (Å²) in [6.07, 6.45) is 47.0. The summed E-state index contributed by atoms with van der Waals surface area (Å²) in [5.41, 5.74) is 0.595. The second-order valence-corrected chi connectivity index (χ2v) is 23.6. The van der Waals surface area contributed by atoms with Crippen LogP contribution >= 0.6 is 0 Å². The Morgan fingerprint density at radius 1 is 0.302 bits per heavy atom. The van der Waals surface area contributed by atoms with Gasteiger partial charge in [0.1, 0.15) is 0 Å². The van der Waals surface area contributed by atoms with Gasteiger partial charge in [-0.25, -0.2) is 0 Å². The van der Waals surface area contributed by atoms with Crippen LogP contribution < -0.4 is 0 Å². The molecule has 0 bridgehead atoms. The average Bonchev–Trinajstić information content (AvgIpc) is 3.81. The molecule has 2 nitrogen and oxygen atoms in total. The van der Waals surface area contributed by atoms with Crippen LogP contribution in [0, 0.1) is 76.4 Å². The van der Waals surface area contributed by atoms with Crippen molar-refractivity contribution < 1.29 is 0 Å². The van der Waals surface area contributed by atoms with Crippen molar-refractivity contribution in [1.82, 2.24) is 9.80 Å². The molecule has 2 heteroatoms. The lowest BCUT2D eigenvalue weighted by Crippen LogP contribution is -2.51. The standard InChI is InChI=1S/C51H84N2/c1-51(2)45-17-9-6-14-39(45)40-27-26-38(32-46(40)51)53-48-19-11-8-16-42(48)44-31-36(23-29-50(44)53)35-22-28-49-43(30-35)41-15-7-10-18-47(41)52(49)37-24-20-34(21-25-37)33-12-4-3-5-13-33/h33-50H,3-32H2,1-2H3. The molecule has 15 unspecified atom stereocenters. The zero-order valence-corrected chi connectivity index (χ0v) is 35.0. The number of fused-ring (bicyclic) bond motifs is 9. The first kappa shape index (κ1) is 36.0. The van der Waals surface area contributed by atoms with Crippen molar-refractivity contribution in [1.29, 1.82) is 0 Å². The van der Waals surface area contributed by atoms with Crippen molar-refractivity contribution in [2.75, 3.05) is 0 Å². The molecule has 53 heavy (non-hydrogen) atoms. The molecule has 0 aromatic rings. The molecule has 2 aliphatic heterocycles. The van der Waals surface area contributed by atoms with Gasteiger partial charge in [-0.3, -0.25) is 9.80 Å². The molecule has 0 amide bonds. The predicted molar refractivity (Wildman–Crippen MR) is 221 cm³/mol. The second-order valence-electron chi connectivity index (χ2n) is 23.6. The van der Waals surface area contributed by atoms with Crippen molar-refractivity contribution in [2.24, 2.45) is 76.4 Å². The number of nitrogens with zero attached hydrogens (tertiary/aromatic N) is 2. The minimum absolute atomic E-state index is 0.595. The van der Waals surface area contributed by atoms with Crippen LogP contribution in [0.1, 0.15) is 206 Å². The fraction of sp³-hybridized carbons (Fsp3) is 1.00. The summed E-state index contributed by atoms with van der Waals surface area (Å²) in [5, 5.41) is 0. The fourth-order valence-electron chi connectivity index (χ4n) is 19.7. The molecule has 11 aliphatic rings. The van der Waals surface area contributed by atoms with Crippen molar-refractivity contribution in [3.8, 4) is 0 Å². The molecular weight excluding hydrogens is 641 g/mol. The van der Waals surface area contributed by atoms with Crippen LogP contribution in [-0.2, 0) is 0 Å². The van der Waals surface area contributed by atoms with Gasteiger partial charge in [0.05, 0.1) is 0 Å². The fourth-order valence-corrected chi connectivity index (χ4v) is 19.7. The maximum Gasteiger partial charge on any atom is 0.0133 e. The van der Waals surface area contributed by atoms with Gasteiger partial charge in [0.15, 0.2) is 0 Å². The second kappa shape index (κ2) is 14.6. The summed E-state index contributed by atoms with van der Waals surface area (Å²) >= 11 is 0. The summed E-state index contributed by atoms with van der Waals surface area (Å²) in [6.45, 7) is 5.50. The van der Waals surface area contributed by atoms with Gasteiger partial charge >= 0.3 is 0 Å². The van der Waals surface area contributed by atoms with E-state index in [0.717, 1.165) is 107 Å². The molecule has 0 spiro atoms. The Labute approximate surface area is 327 Å². The SMILES string of the molecule is CC1(C)C2CCCCC2C2CCC(N3C4CCCCC4C4CC(C5CCC6C(C5)C5CCCCC5N6C5CCC(C6CCCCC6)CC5)CCC43)CC21. The minimum atomic E-state index is 0.595. The Hall–Kier alpha value is -0.0800. The van der Waals surface area contributed by atoms with E-state index in [4.69, 9.17) is 0 Å². The van der Waals surface area contributed by atoms with E-state index in [0.29, 0.717) is 5.41 Å². The molecule has 298 valence electrons. The van der Waals surface area contributed by atoms with Crippen LogP contribution in [0.5, 0.6) is 0 Å². The van der Waals surface area contributed by atoms with Crippen LogP contribution in [0.3, 0.4) is 0 Å². The molecule has 0 N–H and O–H groups in total. The van der Waals surface area contributed by atoms with E-state index >= 15 is 0 Å². The minimum Gasteiger partial charge on any atom is -0.294 e. The normalized spacial score (nSPS) is 53.2. The van der Waals surface area contributed by atoms with E-state index in [9.17, 15) is 0 Å². The Balaban J connectivity index is 0.768. The molecule has 11 fully saturated rings. The smallest absolute Gasteiger partial charge is 0.0133 e. The first-order valence-corrected chi connectivity index (χ1v) is 25.6. The highest BCUT2D eigenvalue weighted by molar-refractivity contribution is 5.12. The number of hydrogen-bond donors (Lipinski definition) is 0. The van der Waals surface area contributed by atoms with Crippen LogP contribution in [0.15, 0.2) is 0 Å². The van der Waals surface area contributed by atoms with Crippen LogP contribution in [0.4, 0.5) is 0 Å². The highest BCUT2D eigenvalue weighted by atomic mass is 15.3. The summed E-state index contributed by atoms with van der Waals surface area (Å²) in [5.74, 6) is 12.8. The highest BCUT2D eigenvalue weighted by Gasteiger charge is 2.60. The first-order valence-electron chi connectivity index (χ1n) is 25.6. The van der Waals surface area contributed by atoms with Gasteiger partial charge in [-0.2, -0.15) is 0 Å². The van der Waals surface area contributed by atoms with Gasteiger partial charge in [0.2, 0.25) is 0 Å². The third-order valence-corrected chi connectivity index (χ3v) is 21.7. The quantitative estimate of drug-likeness (QED) is 0.285. The van der Waals surface area contributed by atoms with Gasteiger partial charge in [0.25, 0.3) is 0 Å². The van der Waals surface area contributed by atoms with Crippen molar-refractivity contribution in [3.63, 3.8) is 0 Å². The van der Waals surface area contributed by atoms with Gasteiger partial charge < -0.3 is 0 Å². The van der Waals surface area contributed by atoms with E-state index in [2.05, 4.69) is 23.6 Å². The van der Waals surface area contributed by atoms with E-state index < -0.39 is 0 Å². The average molecular weight is 725 g/mol. The van der Waals surface area contributed by atoms with Gasteiger partial charge in [-0.15, -0.1) is 0 Å². The number of rotatable bonds is 4. The van der Waals surface area contributed by atoms with E-state index in [1.54, 1.807) is 148 Å². The molecule has 15 atom stereocenters. The van der Waals surface area contributed by atoms with Gasteiger partial charge in [-0.05, 0) is 198 Å². The molecular formula is C51H84N2. The maximum atomic E-state index is 3.38. The Morgan fingerprint density at radius 2 is 0.755 bits per heavy atom. The third-order valence-electron chi connectivity index (χ3n) is 21.7. The molecule has 0 aromatic carbocycles. The lowest BCUT2D eigenvalue weighted by atomic mass is 9.62. The summed E-state index contributed by atoms with van der Waals surface area (Å²) in [6, 6.07) is 5.73. The summed E-state index contributed by atoms with van der Waals surface area (Å²) in [4.78, 5) is 6.70. The molecule has 2 saturated heterocycles. The van der Waals surface area contributed by atoms with E-state index in [1.807, 2.05) is 0 Å². The maximum absolute atomic E-state index is 3.38. The zero-order chi connectivity index (χ0) is 35.3. The monoisotopic (exact) mass is 725 g/mol. The lowest BCUT2D eigenvalue weighted by Gasteiger charge is -2.49. The largest absolute Gasteiger partial charge is 0.294 e. The van der Waals surface area contributed by atoms with Crippen LogP contribution in [0.2, 0.25) is 0 Å². The summed E-state index contributed by atoms with van der Waals surface area (Å²) in [7, 11) is 0. The predicted octanol–water partition coefficient (Wildman–Crippen LogP) is 13.1. The topological polar surface area (TPSA) is 6.48 Å². The van der Waals surface area contributed by atoms with E-state index in [-0.39, 0.29) is 0 Å². The Kier molecular flexibility index (Phi) is 9.95. The van der Waals surface area contributed by atoms with Crippen molar-refractivity contribution in [2.45, 2.75) is 243 Å². The van der Waals surface area contributed by atoms with E-state index in [1.165, 1.54) is 44.9 Å². The highest BCUT2D eigenvalue weighted by Crippen LogP contribution is 2.65. The number of likely N-dealkylation sites (tertiary alicyclic amines) is 2. The van der Waals surface area contributed by atoms with Gasteiger partial charge in [0, 0.05) is 36.3 Å². The van der Waals surface area contributed by atoms with Crippen LogP contribution in [-0.4, -0.2) is 46.1 Å². The molecule has 9 aliphatic carbocycles. The van der Waals surface area contributed by atoms with Crippen molar-refractivity contribution >= 4 is 0 Å². The lowest BCUT2D eigenvalue weighted by molar-refractivity contribution is 0.00587. The van der Waals surface area contributed by atoms with Gasteiger partial charge in [-0.1, -0.05) is 84.5 Å². The molecule has 11 rings (SSSR count). The number of hydrogen-bond acceptors (Lipinski definition) is 2. The third kappa shape index (κ3) is 6.08.